The summed E-state index contributed by atoms with van der Waals surface area (Å²) in [5.41, 5.74) is 25.7. The van der Waals surface area contributed by atoms with E-state index in [2.05, 4.69) is 151 Å². The second kappa shape index (κ2) is 16.3. The van der Waals surface area contributed by atoms with Gasteiger partial charge in [0.15, 0.2) is 0 Å². The minimum absolute atomic E-state index is 0.867. The lowest BCUT2D eigenvalue weighted by Gasteiger charge is -2.08. The standard InChI is InChI=1S/C49H58N4Si/c1-12-33-35(14-3)44-29-46-37(16-5)39(18-7)48(52-46)41(25-24-31-20-22-32(23-21-31)26-27-54(9,10)11)49-40(19-8)38(17-6)47(53-49)30-45-36(15-4)34(13-2)43(51-45)28-42(33)50-44/h20-23,28-30,50-51H,12-19H2,1-11H3. The maximum absolute atomic E-state index is 5.54. The molecule has 2 aliphatic rings. The topological polar surface area (TPSA) is 57.4 Å². The van der Waals surface area contributed by atoms with Crippen molar-refractivity contribution >= 4 is 52.4 Å². The summed E-state index contributed by atoms with van der Waals surface area (Å²) in [5, 5.41) is 0. The van der Waals surface area contributed by atoms with Crippen molar-refractivity contribution < 1.29 is 0 Å². The highest BCUT2D eigenvalue weighted by Gasteiger charge is 2.27. The number of nitrogens with one attached hydrogen (secondary N) is 2. The quantitative estimate of drug-likeness (QED) is 0.140. The van der Waals surface area contributed by atoms with Crippen molar-refractivity contribution in [3.05, 3.63) is 104 Å². The van der Waals surface area contributed by atoms with Gasteiger partial charge in [-0.15, -0.1) is 5.54 Å². The number of nitrogens with zero attached hydrogens (tertiary/aromatic N) is 2. The Balaban J connectivity index is 1.79. The summed E-state index contributed by atoms with van der Waals surface area (Å²) in [4.78, 5) is 18.9. The Labute approximate surface area is 325 Å². The van der Waals surface area contributed by atoms with E-state index < -0.39 is 8.07 Å². The van der Waals surface area contributed by atoms with Crippen molar-refractivity contribution in [1.82, 2.24) is 19.9 Å². The van der Waals surface area contributed by atoms with Gasteiger partial charge in [-0.25, -0.2) is 9.97 Å². The molecule has 0 saturated heterocycles. The van der Waals surface area contributed by atoms with Crippen molar-refractivity contribution in [2.75, 3.05) is 0 Å². The molecular formula is C49H58N4Si. The lowest BCUT2D eigenvalue weighted by molar-refractivity contribution is 1.07. The fourth-order valence-corrected chi connectivity index (χ4v) is 8.86. The number of aromatic nitrogens is 4. The molecule has 6 rings (SSSR count). The molecule has 5 heteroatoms. The molecule has 4 nitrogen and oxygen atoms in total. The van der Waals surface area contributed by atoms with Gasteiger partial charge in [0.25, 0.3) is 0 Å². The van der Waals surface area contributed by atoms with Crippen LogP contribution in [0, 0.1) is 23.3 Å². The van der Waals surface area contributed by atoms with Crippen LogP contribution in [-0.2, 0) is 25.7 Å². The average molecular weight is 731 g/mol. The van der Waals surface area contributed by atoms with E-state index in [4.69, 9.17) is 9.97 Å². The van der Waals surface area contributed by atoms with Crippen LogP contribution in [-0.4, -0.2) is 28.0 Å². The molecule has 1 aromatic carbocycles. The van der Waals surface area contributed by atoms with Gasteiger partial charge >= 0.3 is 0 Å². The molecule has 0 amide bonds. The molecule has 5 heterocycles. The summed E-state index contributed by atoms with van der Waals surface area (Å²) >= 11 is 0. The van der Waals surface area contributed by atoms with E-state index in [0.717, 1.165) is 102 Å². The molecule has 0 saturated carbocycles. The van der Waals surface area contributed by atoms with E-state index >= 15 is 0 Å². The number of allylic oxidation sites excluding steroid dienone is 4. The van der Waals surface area contributed by atoms with Crippen LogP contribution in [0.25, 0.3) is 44.4 Å². The van der Waals surface area contributed by atoms with E-state index in [1.807, 2.05) is 0 Å². The number of H-pyrrole nitrogens is 2. The minimum atomic E-state index is -1.47. The Hall–Kier alpha value is -4.84. The number of aromatic amines is 2. The van der Waals surface area contributed by atoms with E-state index in [1.54, 1.807) is 0 Å². The van der Waals surface area contributed by atoms with Crippen LogP contribution in [0.15, 0.2) is 42.5 Å². The Morgan fingerprint density at radius 2 is 0.833 bits per heavy atom. The second-order valence-electron chi connectivity index (χ2n) is 15.4. The van der Waals surface area contributed by atoms with Crippen molar-refractivity contribution in [3.63, 3.8) is 0 Å². The predicted octanol–water partition coefficient (Wildman–Crippen LogP) is 12.7. The van der Waals surface area contributed by atoms with Gasteiger partial charge in [-0.1, -0.05) is 92.8 Å². The molecule has 278 valence electrons. The number of fused-ring (bicyclic) bond motifs is 8. The van der Waals surface area contributed by atoms with Gasteiger partial charge < -0.3 is 9.97 Å². The van der Waals surface area contributed by atoms with E-state index in [-0.39, 0.29) is 0 Å². The third-order valence-electron chi connectivity index (χ3n) is 10.9. The van der Waals surface area contributed by atoms with Gasteiger partial charge in [-0.3, -0.25) is 0 Å². The SMILES string of the molecule is CCC1=C(CC)c2nc1cc1[nH]c(cc3[nH]c(cc4nc(c2C#Cc2ccc(C#C[Si](C)(C)C)cc2)C(CC)=C4CC)c(CC)c3CC)c(CC)c1CC. The van der Waals surface area contributed by atoms with Crippen LogP contribution >= 0.6 is 0 Å². The molecule has 3 aromatic heterocycles. The van der Waals surface area contributed by atoms with Crippen LogP contribution in [0.1, 0.15) is 143 Å². The van der Waals surface area contributed by atoms with Gasteiger partial charge in [-0.05, 0) is 138 Å². The molecule has 0 radical (unpaired) electrons. The van der Waals surface area contributed by atoms with Gasteiger partial charge in [0, 0.05) is 33.2 Å². The molecule has 2 aliphatic heterocycles. The monoisotopic (exact) mass is 730 g/mol. The minimum Gasteiger partial charge on any atom is -0.355 e. The highest BCUT2D eigenvalue weighted by atomic mass is 28.3. The first-order chi connectivity index (χ1) is 26.0. The Bertz CT molecular complexity index is 2330. The van der Waals surface area contributed by atoms with E-state index in [1.165, 1.54) is 55.6 Å². The Morgan fingerprint density at radius 3 is 1.19 bits per heavy atom. The summed E-state index contributed by atoms with van der Waals surface area (Å²) in [6.45, 7) is 24.9. The summed E-state index contributed by atoms with van der Waals surface area (Å²) in [6.07, 6.45) is 7.33. The van der Waals surface area contributed by atoms with E-state index in [0.29, 0.717) is 0 Å². The number of benzene rings is 1. The maximum atomic E-state index is 5.54. The molecule has 0 spiro atoms. The number of hydrogen-bond acceptors (Lipinski definition) is 2. The largest absolute Gasteiger partial charge is 0.355 e. The Kier molecular flexibility index (Phi) is 11.7. The van der Waals surface area contributed by atoms with Crippen LogP contribution in [0.4, 0.5) is 0 Å². The first-order valence-corrected chi connectivity index (χ1v) is 23.9. The lowest BCUT2D eigenvalue weighted by atomic mass is 9.93. The Morgan fingerprint density at radius 1 is 0.463 bits per heavy atom. The highest BCUT2D eigenvalue weighted by Crippen LogP contribution is 2.41. The molecule has 54 heavy (non-hydrogen) atoms. The van der Waals surface area contributed by atoms with Crippen LogP contribution in [0.5, 0.6) is 0 Å². The lowest BCUT2D eigenvalue weighted by Crippen LogP contribution is -2.16. The van der Waals surface area contributed by atoms with Gasteiger partial charge in [0.05, 0.1) is 28.3 Å². The first kappa shape index (κ1) is 38.9. The highest BCUT2D eigenvalue weighted by molar-refractivity contribution is 6.83. The fraction of sp³-hybridized carbons (Fsp3) is 0.388. The van der Waals surface area contributed by atoms with Gasteiger partial charge in [-0.2, -0.15) is 0 Å². The summed E-state index contributed by atoms with van der Waals surface area (Å²) < 4.78 is 0. The molecule has 2 N–H and O–H groups in total. The molecule has 0 unspecified atom stereocenters. The molecule has 4 aromatic rings. The smallest absolute Gasteiger partial charge is 0.129 e. The predicted molar refractivity (Wildman–Crippen MR) is 236 cm³/mol. The van der Waals surface area contributed by atoms with Gasteiger partial charge in [0.1, 0.15) is 8.07 Å². The zero-order valence-corrected chi connectivity index (χ0v) is 35.6. The number of aryl methyl sites for hydroxylation is 4. The van der Waals surface area contributed by atoms with Crippen molar-refractivity contribution in [3.8, 4) is 23.3 Å². The van der Waals surface area contributed by atoms with Crippen molar-refractivity contribution in [2.45, 2.75) is 126 Å². The van der Waals surface area contributed by atoms with Crippen LogP contribution in [0.2, 0.25) is 19.6 Å². The number of hydrogen-bond donors (Lipinski definition) is 2. The molecular weight excluding hydrogens is 673 g/mol. The zero-order chi connectivity index (χ0) is 38.7. The van der Waals surface area contributed by atoms with Crippen molar-refractivity contribution in [1.29, 1.82) is 0 Å². The first-order valence-electron chi connectivity index (χ1n) is 20.4. The van der Waals surface area contributed by atoms with Crippen LogP contribution in [0.3, 0.4) is 0 Å². The fourth-order valence-electron chi connectivity index (χ4n) is 8.34. The summed E-state index contributed by atoms with van der Waals surface area (Å²) in [6, 6.07) is 15.4. The third-order valence-corrected chi connectivity index (χ3v) is 11.8. The zero-order valence-electron chi connectivity index (χ0n) is 34.6. The van der Waals surface area contributed by atoms with E-state index in [9.17, 15) is 0 Å². The summed E-state index contributed by atoms with van der Waals surface area (Å²) in [5.74, 6) is 10.7. The molecule has 0 atom stereocenters. The molecule has 8 bridgehead atoms. The normalized spacial score (nSPS) is 12.9. The second-order valence-corrected chi connectivity index (χ2v) is 20.1. The average Bonchev–Trinajstić information content (AvgIpc) is 3.89. The maximum Gasteiger partial charge on any atom is 0.129 e. The van der Waals surface area contributed by atoms with Crippen LogP contribution < -0.4 is 0 Å². The molecule has 0 fully saturated rings. The van der Waals surface area contributed by atoms with Gasteiger partial charge in [0.2, 0.25) is 0 Å². The third kappa shape index (κ3) is 7.45. The number of rotatable bonds is 8. The summed E-state index contributed by atoms with van der Waals surface area (Å²) in [7, 11) is -1.47. The molecule has 0 aliphatic carbocycles. The van der Waals surface area contributed by atoms with Crippen molar-refractivity contribution in [2.24, 2.45) is 0 Å².